The Morgan fingerprint density at radius 3 is 2.34 bits per heavy atom. The Morgan fingerprint density at radius 1 is 1.07 bits per heavy atom. The predicted molar refractivity (Wildman–Crippen MR) is 118 cm³/mol. The van der Waals surface area contributed by atoms with Crippen LogP contribution in [0.3, 0.4) is 0 Å². The largest absolute Gasteiger partial charge is 0.378 e. The number of amides is 1. The molecule has 1 atom stereocenters. The summed E-state index contributed by atoms with van der Waals surface area (Å²) in [5, 5.41) is 7.54. The number of benzene rings is 2. The highest BCUT2D eigenvalue weighted by Crippen LogP contribution is 2.17. The van der Waals surface area contributed by atoms with E-state index in [2.05, 4.69) is 39.6 Å². The third-order valence-electron chi connectivity index (χ3n) is 4.80. The number of rotatable bonds is 7. The first-order valence-electron chi connectivity index (χ1n) is 9.83. The Balaban J connectivity index is 1.62. The highest BCUT2D eigenvalue weighted by molar-refractivity contribution is 5.91. The minimum Gasteiger partial charge on any atom is -0.378 e. The Morgan fingerprint density at radius 2 is 1.72 bits per heavy atom. The van der Waals surface area contributed by atoms with E-state index >= 15 is 0 Å². The number of hydrogen-bond donors (Lipinski definition) is 2. The molecule has 0 fully saturated rings. The second-order valence-electron chi connectivity index (χ2n) is 7.84. The number of nitrogens with one attached hydrogen (secondary N) is 2. The van der Waals surface area contributed by atoms with E-state index in [1.165, 1.54) is 16.8 Å². The molecule has 0 radical (unpaired) electrons. The summed E-state index contributed by atoms with van der Waals surface area (Å²) in [5.74, 6) is 0.667. The second kappa shape index (κ2) is 8.92. The molecule has 6 nitrogen and oxygen atoms in total. The van der Waals surface area contributed by atoms with E-state index in [-0.39, 0.29) is 5.91 Å². The maximum Gasteiger partial charge on any atom is 0.280 e. The van der Waals surface area contributed by atoms with Gasteiger partial charge in [-0.05, 0) is 38.1 Å². The maximum absolute atomic E-state index is 12.6. The molecule has 1 aromatic heterocycles. The van der Waals surface area contributed by atoms with Gasteiger partial charge >= 0.3 is 0 Å². The zero-order valence-corrected chi connectivity index (χ0v) is 17.9. The van der Waals surface area contributed by atoms with Gasteiger partial charge in [0, 0.05) is 31.4 Å². The smallest absolute Gasteiger partial charge is 0.280 e. The molecular formula is C23H30N5O+. The third kappa shape index (κ3) is 5.45. The molecule has 29 heavy (non-hydrogen) atoms. The summed E-state index contributed by atoms with van der Waals surface area (Å²) in [4.78, 5) is 15.8. The molecule has 0 aliphatic heterocycles. The lowest BCUT2D eigenvalue weighted by Gasteiger charge is -2.16. The van der Waals surface area contributed by atoms with Gasteiger partial charge < -0.3 is 15.1 Å². The molecule has 2 aromatic carbocycles. The van der Waals surface area contributed by atoms with Gasteiger partial charge in [-0.2, -0.15) is 5.10 Å². The summed E-state index contributed by atoms with van der Waals surface area (Å²) >= 11 is 0. The number of carbonyl (C=O) groups excluding carboxylic acids is 1. The molecule has 1 unspecified atom stereocenters. The van der Waals surface area contributed by atoms with Crippen LogP contribution in [0.15, 0.2) is 54.6 Å². The Kier molecular flexibility index (Phi) is 6.34. The van der Waals surface area contributed by atoms with E-state index in [0.717, 1.165) is 22.8 Å². The maximum atomic E-state index is 12.6. The standard InChI is InChI=1S/C23H29N5O/c1-17-6-10-21(11-7-17)28-22(14-18(2)25-28)24-23(29)16-27(5)15-19-8-12-20(13-9-19)26(3)4/h6-14H,15-16H2,1-5H3,(H,24,29)/p+1. The van der Waals surface area contributed by atoms with Gasteiger partial charge in [0.05, 0.1) is 18.4 Å². The first-order valence-corrected chi connectivity index (χ1v) is 9.83. The average molecular weight is 393 g/mol. The van der Waals surface area contributed by atoms with Crippen LogP contribution in [0.2, 0.25) is 0 Å². The minimum absolute atomic E-state index is 0.0272. The van der Waals surface area contributed by atoms with Crippen LogP contribution >= 0.6 is 0 Å². The van der Waals surface area contributed by atoms with E-state index in [1.54, 1.807) is 4.68 Å². The van der Waals surface area contributed by atoms with Gasteiger partial charge in [-0.1, -0.05) is 29.8 Å². The van der Waals surface area contributed by atoms with Crippen LogP contribution in [-0.4, -0.2) is 43.4 Å². The van der Waals surface area contributed by atoms with Crippen LogP contribution in [-0.2, 0) is 11.3 Å². The summed E-state index contributed by atoms with van der Waals surface area (Å²) in [6, 6.07) is 18.4. The van der Waals surface area contributed by atoms with Gasteiger partial charge in [0.2, 0.25) is 0 Å². The molecule has 6 heteroatoms. The number of nitrogens with zero attached hydrogens (tertiary/aromatic N) is 3. The van der Waals surface area contributed by atoms with Gasteiger partial charge in [-0.3, -0.25) is 4.79 Å². The van der Waals surface area contributed by atoms with E-state index < -0.39 is 0 Å². The lowest BCUT2D eigenvalue weighted by molar-refractivity contribution is -0.885. The van der Waals surface area contributed by atoms with Crippen LogP contribution in [0.5, 0.6) is 0 Å². The Hall–Kier alpha value is -3.12. The zero-order valence-electron chi connectivity index (χ0n) is 17.9. The van der Waals surface area contributed by atoms with Crippen LogP contribution in [0, 0.1) is 13.8 Å². The average Bonchev–Trinajstić information content (AvgIpc) is 3.02. The van der Waals surface area contributed by atoms with Gasteiger partial charge in [0.15, 0.2) is 6.54 Å². The summed E-state index contributed by atoms with van der Waals surface area (Å²) in [7, 11) is 6.08. The van der Waals surface area contributed by atoms with Gasteiger partial charge in [0.1, 0.15) is 12.4 Å². The van der Waals surface area contributed by atoms with Gasteiger partial charge in [0.25, 0.3) is 5.91 Å². The van der Waals surface area contributed by atoms with Crippen molar-refractivity contribution in [3.8, 4) is 5.69 Å². The van der Waals surface area contributed by atoms with E-state index in [0.29, 0.717) is 12.4 Å². The molecule has 1 heterocycles. The fourth-order valence-corrected chi connectivity index (χ4v) is 3.26. The summed E-state index contributed by atoms with van der Waals surface area (Å²) in [5.41, 5.74) is 5.36. The van der Waals surface area contributed by atoms with Crippen molar-refractivity contribution < 1.29 is 9.69 Å². The van der Waals surface area contributed by atoms with Crippen molar-refractivity contribution in [2.24, 2.45) is 0 Å². The molecule has 0 aliphatic rings. The molecule has 0 saturated heterocycles. The van der Waals surface area contributed by atoms with Crippen LogP contribution in [0.25, 0.3) is 5.69 Å². The van der Waals surface area contributed by atoms with E-state index in [9.17, 15) is 4.79 Å². The molecule has 3 rings (SSSR count). The molecule has 0 spiro atoms. The van der Waals surface area contributed by atoms with Gasteiger partial charge in [-0.25, -0.2) is 4.68 Å². The Labute approximate surface area is 172 Å². The Bertz CT molecular complexity index is 958. The predicted octanol–water partition coefficient (Wildman–Crippen LogP) is 2.21. The number of anilines is 2. The molecule has 3 aromatic rings. The van der Waals surface area contributed by atoms with Crippen molar-refractivity contribution in [1.82, 2.24) is 9.78 Å². The SMILES string of the molecule is Cc1ccc(-n2nc(C)cc2NC(=O)C[NH+](C)Cc2ccc(N(C)C)cc2)cc1. The van der Waals surface area contributed by atoms with Crippen LogP contribution in [0.4, 0.5) is 11.5 Å². The first kappa shape index (κ1) is 20.6. The lowest BCUT2D eigenvalue weighted by Crippen LogP contribution is -3.08. The minimum atomic E-state index is -0.0272. The highest BCUT2D eigenvalue weighted by atomic mass is 16.2. The molecular weight excluding hydrogens is 362 g/mol. The van der Waals surface area contributed by atoms with Crippen molar-refractivity contribution in [3.63, 3.8) is 0 Å². The molecule has 1 amide bonds. The number of carbonyl (C=O) groups is 1. The number of likely N-dealkylation sites (N-methyl/N-ethyl adjacent to an activating group) is 1. The zero-order chi connectivity index (χ0) is 21.0. The molecule has 0 bridgehead atoms. The van der Waals surface area contributed by atoms with Crippen molar-refractivity contribution in [2.75, 3.05) is 37.9 Å². The molecule has 0 aliphatic carbocycles. The van der Waals surface area contributed by atoms with E-state index in [4.69, 9.17) is 0 Å². The van der Waals surface area contributed by atoms with Crippen molar-refractivity contribution in [3.05, 3.63) is 71.4 Å². The molecule has 2 N–H and O–H groups in total. The molecule has 152 valence electrons. The van der Waals surface area contributed by atoms with Crippen LogP contribution in [0.1, 0.15) is 16.8 Å². The van der Waals surface area contributed by atoms with Crippen LogP contribution < -0.4 is 15.1 Å². The summed E-state index contributed by atoms with van der Waals surface area (Å²) < 4.78 is 1.78. The fraction of sp³-hybridized carbons (Fsp3) is 0.304. The normalized spacial score (nSPS) is 11.9. The molecule has 0 saturated carbocycles. The summed E-state index contributed by atoms with van der Waals surface area (Å²) in [6.45, 7) is 5.15. The van der Waals surface area contributed by atoms with Crippen molar-refractivity contribution in [2.45, 2.75) is 20.4 Å². The van der Waals surface area contributed by atoms with E-state index in [1.807, 2.05) is 65.3 Å². The van der Waals surface area contributed by atoms with Crippen molar-refractivity contribution >= 4 is 17.4 Å². The first-order chi connectivity index (χ1) is 13.8. The third-order valence-corrected chi connectivity index (χ3v) is 4.80. The number of hydrogen-bond acceptors (Lipinski definition) is 3. The monoisotopic (exact) mass is 392 g/mol. The number of aryl methyl sites for hydroxylation is 2. The number of quaternary nitrogens is 1. The van der Waals surface area contributed by atoms with Gasteiger partial charge in [-0.15, -0.1) is 0 Å². The lowest BCUT2D eigenvalue weighted by atomic mass is 10.2. The topological polar surface area (TPSA) is 54.6 Å². The van der Waals surface area contributed by atoms with Crippen molar-refractivity contribution in [1.29, 1.82) is 0 Å². The summed E-state index contributed by atoms with van der Waals surface area (Å²) in [6.07, 6.45) is 0. The quantitative estimate of drug-likeness (QED) is 0.648. The highest BCUT2D eigenvalue weighted by Gasteiger charge is 2.15. The fourth-order valence-electron chi connectivity index (χ4n) is 3.26. The second-order valence-corrected chi connectivity index (χ2v) is 7.84. The number of aromatic nitrogens is 2.